The van der Waals surface area contributed by atoms with Gasteiger partial charge in [0.25, 0.3) is 0 Å². The lowest BCUT2D eigenvalue weighted by molar-refractivity contribution is 0.191. The van der Waals surface area contributed by atoms with Crippen molar-refractivity contribution < 1.29 is 4.74 Å². The fourth-order valence-electron chi connectivity index (χ4n) is 2.27. The molecule has 1 atom stereocenters. The molecule has 0 radical (unpaired) electrons. The molecule has 1 aromatic carbocycles. The minimum Gasteiger partial charge on any atom is -0.385 e. The first-order chi connectivity index (χ1) is 9.67. The summed E-state index contributed by atoms with van der Waals surface area (Å²) >= 11 is 6.22. The van der Waals surface area contributed by atoms with E-state index in [-0.39, 0.29) is 5.38 Å². The van der Waals surface area contributed by atoms with Crippen molar-refractivity contribution in [1.82, 2.24) is 9.55 Å². The summed E-state index contributed by atoms with van der Waals surface area (Å²) in [4.78, 5) is 4.58. The van der Waals surface area contributed by atoms with Gasteiger partial charge in [-0.25, -0.2) is 4.98 Å². The summed E-state index contributed by atoms with van der Waals surface area (Å²) in [5.74, 6) is 0.856. The van der Waals surface area contributed by atoms with E-state index in [1.54, 1.807) is 13.2 Å². The molecule has 0 N–H and O–H groups in total. The molecule has 1 aromatic heterocycles. The number of nitriles is 1. The van der Waals surface area contributed by atoms with E-state index in [1.165, 1.54) is 0 Å². The van der Waals surface area contributed by atoms with Crippen LogP contribution in [-0.4, -0.2) is 23.3 Å². The van der Waals surface area contributed by atoms with Crippen LogP contribution in [0, 0.1) is 11.3 Å². The first kappa shape index (κ1) is 14.8. The lowest BCUT2D eigenvalue weighted by atomic mass is 10.2. The molecule has 2 rings (SSSR count). The summed E-state index contributed by atoms with van der Waals surface area (Å²) in [6.07, 6.45) is 1.98. The van der Waals surface area contributed by atoms with Crippen LogP contribution in [0.3, 0.4) is 0 Å². The Morgan fingerprint density at radius 3 is 2.90 bits per heavy atom. The molecule has 1 unspecified atom stereocenters. The van der Waals surface area contributed by atoms with Crippen molar-refractivity contribution in [3.63, 3.8) is 0 Å². The zero-order valence-corrected chi connectivity index (χ0v) is 12.5. The smallest absolute Gasteiger partial charge is 0.127 e. The lowest BCUT2D eigenvalue weighted by Gasteiger charge is -2.10. The highest BCUT2D eigenvalue weighted by Crippen LogP contribution is 2.25. The lowest BCUT2D eigenvalue weighted by Crippen LogP contribution is -2.05. The Bertz CT molecular complexity index is 628. The number of benzene rings is 1. The molecule has 0 spiro atoms. The van der Waals surface area contributed by atoms with E-state index < -0.39 is 0 Å². The molecule has 0 bridgehead atoms. The van der Waals surface area contributed by atoms with Gasteiger partial charge < -0.3 is 9.30 Å². The van der Waals surface area contributed by atoms with E-state index >= 15 is 0 Å². The maximum Gasteiger partial charge on any atom is 0.127 e. The van der Waals surface area contributed by atoms with Crippen LogP contribution in [-0.2, 0) is 11.3 Å². The van der Waals surface area contributed by atoms with Crippen molar-refractivity contribution in [1.29, 1.82) is 5.26 Å². The van der Waals surface area contributed by atoms with Gasteiger partial charge in [-0.1, -0.05) is 0 Å². The summed E-state index contributed by atoms with van der Waals surface area (Å²) < 4.78 is 7.18. The second-order valence-electron chi connectivity index (χ2n) is 4.75. The highest BCUT2D eigenvalue weighted by molar-refractivity contribution is 6.20. The first-order valence-electron chi connectivity index (χ1n) is 6.70. The number of halogens is 1. The Hall–Kier alpha value is -1.57. The van der Waals surface area contributed by atoms with Gasteiger partial charge in [-0.05, 0) is 38.0 Å². The number of imidazole rings is 1. The molecule has 2 aromatic rings. The summed E-state index contributed by atoms with van der Waals surface area (Å²) in [7, 11) is 1.71. The first-order valence-corrected chi connectivity index (χ1v) is 7.14. The van der Waals surface area contributed by atoms with Crippen LogP contribution in [0.1, 0.15) is 36.5 Å². The molecular weight excluding hydrogens is 274 g/mol. The maximum absolute atomic E-state index is 9.03. The van der Waals surface area contributed by atoms with Gasteiger partial charge in [0.2, 0.25) is 0 Å². The van der Waals surface area contributed by atoms with E-state index in [9.17, 15) is 0 Å². The molecule has 20 heavy (non-hydrogen) atoms. The number of hydrogen-bond acceptors (Lipinski definition) is 3. The van der Waals surface area contributed by atoms with E-state index in [0.29, 0.717) is 5.56 Å². The van der Waals surface area contributed by atoms with Crippen molar-refractivity contribution in [2.24, 2.45) is 0 Å². The SMILES string of the molecule is COCCCCn1c(C(C)Cl)nc2ccc(C#N)cc21. The summed E-state index contributed by atoms with van der Waals surface area (Å²) in [6.45, 7) is 3.50. The molecule has 5 heteroatoms. The van der Waals surface area contributed by atoms with Crippen molar-refractivity contribution >= 4 is 22.6 Å². The number of aromatic nitrogens is 2. The number of methoxy groups -OCH3 is 1. The van der Waals surface area contributed by atoms with Gasteiger partial charge in [-0.3, -0.25) is 0 Å². The third-order valence-corrected chi connectivity index (χ3v) is 3.44. The summed E-state index contributed by atoms with van der Waals surface area (Å²) in [5, 5.41) is 8.87. The average molecular weight is 292 g/mol. The number of rotatable bonds is 6. The quantitative estimate of drug-likeness (QED) is 0.603. The molecule has 0 fully saturated rings. The minimum atomic E-state index is -0.157. The molecule has 106 valence electrons. The van der Waals surface area contributed by atoms with E-state index in [2.05, 4.69) is 15.6 Å². The predicted octanol–water partition coefficient (Wildman–Crippen LogP) is 3.63. The zero-order chi connectivity index (χ0) is 14.5. The van der Waals surface area contributed by atoms with Crippen molar-refractivity contribution in [2.75, 3.05) is 13.7 Å². The Balaban J connectivity index is 2.36. The van der Waals surface area contributed by atoms with Gasteiger partial charge in [0.05, 0.1) is 28.0 Å². The molecule has 0 saturated heterocycles. The molecule has 1 heterocycles. The second-order valence-corrected chi connectivity index (χ2v) is 5.41. The van der Waals surface area contributed by atoms with E-state index in [4.69, 9.17) is 21.6 Å². The van der Waals surface area contributed by atoms with Gasteiger partial charge in [0.1, 0.15) is 5.82 Å². The highest BCUT2D eigenvalue weighted by Gasteiger charge is 2.15. The van der Waals surface area contributed by atoms with Crippen molar-refractivity contribution in [2.45, 2.75) is 31.7 Å². The molecule has 0 aliphatic rings. The maximum atomic E-state index is 9.03. The topological polar surface area (TPSA) is 50.8 Å². The van der Waals surface area contributed by atoms with Crippen LogP contribution in [0.25, 0.3) is 11.0 Å². The van der Waals surface area contributed by atoms with Gasteiger partial charge in [-0.2, -0.15) is 5.26 Å². The second kappa shape index (κ2) is 6.74. The van der Waals surface area contributed by atoms with Gasteiger partial charge >= 0.3 is 0 Å². The Morgan fingerprint density at radius 1 is 1.45 bits per heavy atom. The monoisotopic (exact) mass is 291 g/mol. The normalized spacial score (nSPS) is 12.5. The van der Waals surface area contributed by atoms with E-state index in [1.807, 2.05) is 19.1 Å². The zero-order valence-electron chi connectivity index (χ0n) is 11.8. The number of fused-ring (bicyclic) bond motifs is 1. The van der Waals surface area contributed by atoms with Crippen LogP contribution in [0.2, 0.25) is 0 Å². The van der Waals surface area contributed by atoms with Crippen LogP contribution in [0.4, 0.5) is 0 Å². The van der Waals surface area contributed by atoms with Crippen LogP contribution < -0.4 is 0 Å². The van der Waals surface area contributed by atoms with Crippen LogP contribution in [0.15, 0.2) is 18.2 Å². The predicted molar refractivity (Wildman–Crippen MR) is 79.8 cm³/mol. The van der Waals surface area contributed by atoms with Gasteiger partial charge in [0, 0.05) is 20.3 Å². The number of aryl methyl sites for hydroxylation is 1. The molecule has 0 saturated carbocycles. The molecule has 0 amide bonds. The fraction of sp³-hybridized carbons (Fsp3) is 0.467. The standard InChI is InChI=1S/C15H18ClN3O/c1-11(16)15-18-13-6-5-12(10-17)9-14(13)19(15)7-3-4-8-20-2/h5-6,9,11H,3-4,7-8H2,1-2H3. The number of unbranched alkanes of at least 4 members (excludes halogenated alkanes) is 1. The third kappa shape index (κ3) is 3.12. The number of nitrogens with zero attached hydrogens (tertiary/aromatic N) is 3. The van der Waals surface area contributed by atoms with Crippen molar-refractivity contribution in [3.8, 4) is 6.07 Å². The Labute approximate surface area is 123 Å². The minimum absolute atomic E-state index is 0.157. The summed E-state index contributed by atoms with van der Waals surface area (Å²) in [6, 6.07) is 7.71. The molecule has 0 aliphatic heterocycles. The largest absolute Gasteiger partial charge is 0.385 e. The number of ether oxygens (including phenoxy) is 1. The highest BCUT2D eigenvalue weighted by atomic mass is 35.5. The Morgan fingerprint density at radius 2 is 2.25 bits per heavy atom. The number of hydrogen-bond donors (Lipinski definition) is 0. The average Bonchev–Trinajstić information content (AvgIpc) is 2.81. The van der Waals surface area contributed by atoms with Crippen LogP contribution >= 0.6 is 11.6 Å². The summed E-state index contributed by atoms with van der Waals surface area (Å²) in [5.41, 5.74) is 2.51. The van der Waals surface area contributed by atoms with Crippen molar-refractivity contribution in [3.05, 3.63) is 29.6 Å². The number of alkyl halides is 1. The van der Waals surface area contributed by atoms with Crippen LogP contribution in [0.5, 0.6) is 0 Å². The third-order valence-electron chi connectivity index (χ3n) is 3.24. The van der Waals surface area contributed by atoms with Gasteiger partial charge in [0.15, 0.2) is 0 Å². The molecule has 0 aliphatic carbocycles. The Kier molecular flexibility index (Phi) is 4.99. The molecular formula is C15H18ClN3O. The van der Waals surface area contributed by atoms with Gasteiger partial charge in [-0.15, -0.1) is 11.6 Å². The molecule has 4 nitrogen and oxygen atoms in total. The van der Waals surface area contributed by atoms with E-state index in [0.717, 1.165) is 42.9 Å². The fourth-order valence-corrected chi connectivity index (χ4v) is 2.43.